The van der Waals surface area contributed by atoms with Gasteiger partial charge in [-0.15, -0.1) is 0 Å². The third kappa shape index (κ3) is 3.99. The maximum absolute atomic E-state index is 12.5. The lowest BCUT2D eigenvalue weighted by molar-refractivity contribution is -0.145. The predicted octanol–water partition coefficient (Wildman–Crippen LogP) is 2.77. The molecule has 2 amide bonds. The average molecular weight is 400 g/mol. The van der Waals surface area contributed by atoms with Crippen molar-refractivity contribution >= 4 is 40.9 Å². The molecule has 0 unspecified atom stereocenters. The predicted molar refractivity (Wildman–Crippen MR) is 102 cm³/mol. The van der Waals surface area contributed by atoms with Crippen molar-refractivity contribution < 1.29 is 29.0 Å². The highest BCUT2D eigenvalue weighted by molar-refractivity contribution is 8.18. The first-order valence-electron chi connectivity index (χ1n) is 8.32. The minimum Gasteiger partial charge on any atom is -0.478 e. The largest absolute Gasteiger partial charge is 0.478 e. The number of thioether (sulfide) groups is 1. The van der Waals surface area contributed by atoms with Crippen LogP contribution in [0.4, 0.5) is 4.79 Å². The standard InChI is InChI=1S/C19H16N2O6S/c1-2-27-16(22)11-21-17(23)15(28-19(21)26)10-14-7-4-8-20(14)13-6-3-5-12(9-13)18(24)25/h3-10H,2,11H2,1H3,(H,24,25)/b15-10+. The van der Waals surface area contributed by atoms with E-state index >= 15 is 0 Å². The summed E-state index contributed by atoms with van der Waals surface area (Å²) in [5, 5.41) is 8.61. The van der Waals surface area contributed by atoms with Crippen LogP contribution in [-0.4, -0.2) is 50.8 Å². The number of hydrogen-bond donors (Lipinski definition) is 1. The summed E-state index contributed by atoms with van der Waals surface area (Å²) >= 11 is 0.735. The van der Waals surface area contributed by atoms with E-state index < -0.39 is 29.6 Å². The Hall–Kier alpha value is -3.33. The van der Waals surface area contributed by atoms with Gasteiger partial charge in [-0.25, -0.2) is 4.79 Å². The number of aromatic carboxylic acids is 1. The Balaban J connectivity index is 1.88. The quantitative estimate of drug-likeness (QED) is 0.587. The Labute approximate surface area is 164 Å². The number of benzene rings is 1. The van der Waals surface area contributed by atoms with E-state index in [4.69, 9.17) is 9.84 Å². The molecule has 1 aromatic carbocycles. The van der Waals surface area contributed by atoms with Crippen molar-refractivity contribution in [1.29, 1.82) is 0 Å². The van der Waals surface area contributed by atoms with Gasteiger partial charge in [0.2, 0.25) is 0 Å². The van der Waals surface area contributed by atoms with Crippen molar-refractivity contribution in [2.45, 2.75) is 6.92 Å². The summed E-state index contributed by atoms with van der Waals surface area (Å²) in [5.41, 5.74) is 1.32. The number of carbonyl (C=O) groups is 4. The van der Waals surface area contributed by atoms with Gasteiger partial charge in [-0.05, 0) is 55.1 Å². The molecule has 1 saturated heterocycles. The molecule has 1 aliphatic rings. The molecule has 8 nitrogen and oxygen atoms in total. The van der Waals surface area contributed by atoms with Crippen LogP contribution in [0.5, 0.6) is 0 Å². The molecule has 9 heteroatoms. The number of hydrogen-bond acceptors (Lipinski definition) is 6. The monoisotopic (exact) mass is 400 g/mol. The van der Waals surface area contributed by atoms with Crippen molar-refractivity contribution in [3.8, 4) is 5.69 Å². The van der Waals surface area contributed by atoms with Gasteiger partial charge in [-0.2, -0.15) is 0 Å². The van der Waals surface area contributed by atoms with Gasteiger partial charge >= 0.3 is 11.9 Å². The topological polar surface area (TPSA) is 106 Å². The van der Waals surface area contributed by atoms with Crippen molar-refractivity contribution in [1.82, 2.24) is 9.47 Å². The maximum Gasteiger partial charge on any atom is 0.335 e. The number of amides is 2. The normalized spacial score (nSPS) is 15.3. The lowest BCUT2D eigenvalue weighted by atomic mass is 10.2. The molecule has 0 radical (unpaired) electrons. The van der Waals surface area contributed by atoms with Crippen LogP contribution in [0.25, 0.3) is 11.8 Å². The average Bonchev–Trinajstić information content (AvgIpc) is 3.22. The van der Waals surface area contributed by atoms with E-state index in [1.54, 1.807) is 42.0 Å². The molecule has 144 valence electrons. The summed E-state index contributed by atoms with van der Waals surface area (Å²) in [4.78, 5) is 48.4. The highest BCUT2D eigenvalue weighted by atomic mass is 32.2. The SMILES string of the molecule is CCOC(=O)CN1C(=O)S/C(=C/c2cccn2-c2cccc(C(=O)O)c2)C1=O. The van der Waals surface area contributed by atoms with E-state index in [2.05, 4.69) is 0 Å². The van der Waals surface area contributed by atoms with Gasteiger partial charge in [0, 0.05) is 17.6 Å². The smallest absolute Gasteiger partial charge is 0.335 e. The maximum atomic E-state index is 12.5. The van der Waals surface area contributed by atoms with Gasteiger partial charge in [-0.3, -0.25) is 19.3 Å². The highest BCUT2D eigenvalue weighted by Gasteiger charge is 2.36. The second kappa shape index (κ2) is 8.13. The molecule has 1 aromatic heterocycles. The lowest BCUT2D eigenvalue weighted by Gasteiger charge is -2.11. The lowest BCUT2D eigenvalue weighted by Crippen LogP contribution is -2.34. The number of ether oxygens (including phenoxy) is 1. The first kappa shape index (κ1) is 19.4. The van der Waals surface area contributed by atoms with Gasteiger partial charge in [-0.1, -0.05) is 6.07 Å². The highest BCUT2D eigenvalue weighted by Crippen LogP contribution is 2.32. The Kier molecular flexibility index (Phi) is 5.65. The number of imide groups is 1. The number of carboxylic acids is 1. The molecule has 0 atom stereocenters. The van der Waals surface area contributed by atoms with E-state index in [9.17, 15) is 19.2 Å². The van der Waals surface area contributed by atoms with Gasteiger partial charge < -0.3 is 14.4 Å². The van der Waals surface area contributed by atoms with Crippen molar-refractivity contribution in [3.05, 3.63) is 58.8 Å². The van der Waals surface area contributed by atoms with Gasteiger partial charge in [0.25, 0.3) is 11.1 Å². The van der Waals surface area contributed by atoms with Crippen LogP contribution in [0.1, 0.15) is 23.0 Å². The van der Waals surface area contributed by atoms with Gasteiger partial charge in [0.1, 0.15) is 6.54 Å². The fourth-order valence-corrected chi connectivity index (χ4v) is 3.46. The van der Waals surface area contributed by atoms with E-state index in [1.165, 1.54) is 18.2 Å². The van der Waals surface area contributed by atoms with Crippen LogP contribution in [0.15, 0.2) is 47.5 Å². The van der Waals surface area contributed by atoms with Crippen molar-refractivity contribution in [2.75, 3.05) is 13.2 Å². The number of carbonyl (C=O) groups excluding carboxylic acids is 3. The Morgan fingerprint density at radius 3 is 2.71 bits per heavy atom. The minimum absolute atomic E-state index is 0.131. The fourth-order valence-electron chi connectivity index (χ4n) is 2.64. The third-order valence-corrected chi connectivity index (χ3v) is 4.80. The Bertz CT molecular complexity index is 994. The van der Waals surface area contributed by atoms with Crippen molar-refractivity contribution in [2.24, 2.45) is 0 Å². The van der Waals surface area contributed by atoms with Gasteiger partial charge in [0.05, 0.1) is 17.1 Å². The molecule has 2 aromatic rings. The molecule has 28 heavy (non-hydrogen) atoms. The summed E-state index contributed by atoms with van der Waals surface area (Å²) in [7, 11) is 0. The molecule has 1 fully saturated rings. The van der Waals surface area contributed by atoms with Crippen LogP contribution in [-0.2, 0) is 14.3 Å². The molecular weight excluding hydrogens is 384 g/mol. The zero-order chi connectivity index (χ0) is 20.3. The molecule has 3 rings (SSSR count). The summed E-state index contributed by atoms with van der Waals surface area (Å²) in [6.07, 6.45) is 3.25. The second-order valence-corrected chi connectivity index (χ2v) is 6.72. The first-order valence-corrected chi connectivity index (χ1v) is 9.14. The summed E-state index contributed by atoms with van der Waals surface area (Å²) in [5.74, 6) is -2.27. The van der Waals surface area contributed by atoms with E-state index in [-0.39, 0.29) is 17.1 Å². The van der Waals surface area contributed by atoms with E-state index in [0.29, 0.717) is 11.4 Å². The van der Waals surface area contributed by atoms with E-state index in [1.807, 2.05) is 0 Å². The molecule has 2 heterocycles. The van der Waals surface area contributed by atoms with E-state index in [0.717, 1.165) is 16.7 Å². The molecule has 1 N–H and O–H groups in total. The fraction of sp³-hybridized carbons (Fsp3) is 0.158. The van der Waals surface area contributed by atoms with Crippen LogP contribution in [0.2, 0.25) is 0 Å². The molecule has 0 bridgehead atoms. The summed E-state index contributed by atoms with van der Waals surface area (Å²) in [6.45, 7) is 1.37. The Morgan fingerprint density at radius 1 is 1.21 bits per heavy atom. The molecule has 0 saturated carbocycles. The zero-order valence-electron chi connectivity index (χ0n) is 14.8. The number of aromatic nitrogens is 1. The van der Waals surface area contributed by atoms with Gasteiger partial charge in [0.15, 0.2) is 0 Å². The van der Waals surface area contributed by atoms with Crippen LogP contribution >= 0.6 is 11.8 Å². The zero-order valence-corrected chi connectivity index (χ0v) is 15.6. The molecule has 0 aliphatic carbocycles. The second-order valence-electron chi connectivity index (χ2n) is 5.73. The van der Waals surface area contributed by atoms with Crippen molar-refractivity contribution in [3.63, 3.8) is 0 Å². The number of carboxylic acid groups (broad SMARTS) is 1. The van der Waals surface area contributed by atoms with Crippen LogP contribution < -0.4 is 0 Å². The summed E-state index contributed by atoms with van der Waals surface area (Å²) in [6, 6.07) is 9.81. The Morgan fingerprint density at radius 2 is 2.00 bits per heavy atom. The summed E-state index contributed by atoms with van der Waals surface area (Å²) < 4.78 is 6.48. The molecule has 1 aliphatic heterocycles. The number of esters is 1. The number of nitrogens with zero attached hydrogens (tertiary/aromatic N) is 2. The molecular formula is C19H16N2O6S. The first-order chi connectivity index (χ1) is 13.4. The number of rotatable bonds is 6. The third-order valence-electron chi connectivity index (χ3n) is 3.90. The molecule has 0 spiro atoms. The van der Waals surface area contributed by atoms with Crippen LogP contribution in [0, 0.1) is 0 Å². The van der Waals surface area contributed by atoms with Crippen LogP contribution in [0.3, 0.4) is 0 Å². The minimum atomic E-state index is -1.05.